The maximum Gasteiger partial charge on any atom is 0.345 e. The summed E-state index contributed by atoms with van der Waals surface area (Å²) in [6, 6.07) is 3.81. The normalized spacial score (nSPS) is 34.3. The monoisotopic (exact) mass is 559 g/mol. The Kier molecular flexibility index (Phi) is 7.17. The summed E-state index contributed by atoms with van der Waals surface area (Å²) in [5, 5.41) is 5.16. The van der Waals surface area contributed by atoms with E-state index < -0.39 is 28.2 Å². The highest BCUT2D eigenvalue weighted by molar-refractivity contribution is 7.89. The molecule has 0 bridgehead atoms. The number of esters is 1. The predicted molar refractivity (Wildman–Crippen MR) is 143 cm³/mol. The maximum atomic E-state index is 13.1. The lowest BCUT2D eigenvalue weighted by Crippen LogP contribution is -2.55. The van der Waals surface area contributed by atoms with Gasteiger partial charge in [0.1, 0.15) is 5.75 Å². The molecule has 4 unspecified atom stereocenters. The molecule has 7 nitrogen and oxygen atoms in total. The lowest BCUT2D eigenvalue weighted by Gasteiger charge is -2.56. The Balaban J connectivity index is 1.31. The molecule has 3 saturated carbocycles. The van der Waals surface area contributed by atoms with Crippen molar-refractivity contribution >= 4 is 33.4 Å². The van der Waals surface area contributed by atoms with E-state index in [0.29, 0.717) is 36.5 Å². The highest BCUT2D eigenvalue weighted by atomic mass is 35.5. The number of fused-ring (bicyclic) bond motifs is 5. The van der Waals surface area contributed by atoms with Crippen LogP contribution >= 0.6 is 11.6 Å². The zero-order chi connectivity index (χ0) is 27.3. The molecule has 0 radical (unpaired) electrons. The molecule has 9 heteroatoms. The van der Waals surface area contributed by atoms with Crippen LogP contribution in [0.15, 0.2) is 34.7 Å². The summed E-state index contributed by atoms with van der Waals surface area (Å²) in [6.45, 7) is 1.74. The van der Waals surface area contributed by atoms with Gasteiger partial charge in [-0.25, -0.2) is 18.4 Å². The number of allylic oxidation sites excluding steroid dienone is 1. The Bertz CT molecular complexity index is 1330. The van der Waals surface area contributed by atoms with Gasteiger partial charge < -0.3 is 9.47 Å². The Morgan fingerprint density at radius 3 is 2.66 bits per heavy atom. The first-order valence-corrected chi connectivity index (χ1v) is 15.3. The van der Waals surface area contributed by atoms with Crippen molar-refractivity contribution < 1.29 is 27.5 Å². The van der Waals surface area contributed by atoms with Crippen LogP contribution in [0.1, 0.15) is 64.7 Å². The standard InChI is InChI=1S/C29H34ClNO6S/c1-3-28-13-11-22-21-9-6-19(32)15-18(21)5-8-23(22)24(28)12-14-29(28,4-2)37-27(33)17-36-26-10-7-20(16-25(26)30)38(31,34)35/h2,7,10,15-16,21-24H,3,5-6,8-9,11-14,17H2,1H3,(H2,31,34,35)/t21?,22?,23?,24?,28-,29-/m0/s1. The summed E-state index contributed by atoms with van der Waals surface area (Å²) in [4.78, 5) is 24.9. The van der Waals surface area contributed by atoms with Crippen LogP contribution in [0.25, 0.3) is 0 Å². The Morgan fingerprint density at radius 1 is 1.18 bits per heavy atom. The highest BCUT2D eigenvalue weighted by Crippen LogP contribution is 2.67. The van der Waals surface area contributed by atoms with Crippen molar-refractivity contribution in [3.8, 4) is 18.1 Å². The molecule has 0 aromatic heterocycles. The Hall–Kier alpha value is -2.34. The van der Waals surface area contributed by atoms with E-state index >= 15 is 0 Å². The number of sulfonamides is 1. The van der Waals surface area contributed by atoms with Gasteiger partial charge in [0.15, 0.2) is 18.0 Å². The molecule has 6 atom stereocenters. The highest BCUT2D eigenvalue weighted by Gasteiger charge is 2.65. The zero-order valence-corrected chi connectivity index (χ0v) is 23.2. The van der Waals surface area contributed by atoms with Gasteiger partial charge >= 0.3 is 5.97 Å². The van der Waals surface area contributed by atoms with E-state index in [-0.39, 0.29) is 26.9 Å². The SMILES string of the molecule is C#C[C@]1(OC(=O)COc2ccc(S(N)(=O)=O)cc2Cl)CCC2C3CCC4=CC(=O)CCC4C3CC[C@@]21CC. The van der Waals surface area contributed by atoms with Gasteiger partial charge in [0.25, 0.3) is 0 Å². The van der Waals surface area contributed by atoms with E-state index in [4.69, 9.17) is 32.6 Å². The number of benzene rings is 1. The molecule has 0 spiro atoms. The van der Waals surface area contributed by atoms with E-state index in [1.165, 1.54) is 23.8 Å². The minimum Gasteiger partial charge on any atom is -0.480 e. The fraction of sp³-hybridized carbons (Fsp3) is 0.586. The number of ether oxygens (including phenoxy) is 2. The molecule has 0 heterocycles. The molecular weight excluding hydrogens is 526 g/mol. The number of halogens is 1. The van der Waals surface area contributed by atoms with Crippen LogP contribution in [-0.4, -0.2) is 32.4 Å². The molecule has 4 aliphatic rings. The number of hydrogen-bond acceptors (Lipinski definition) is 6. The second-order valence-corrected chi connectivity index (χ2v) is 13.2. The van der Waals surface area contributed by atoms with Crippen molar-refractivity contribution in [2.45, 2.75) is 75.2 Å². The molecule has 0 saturated heterocycles. The Labute approximate surface area is 229 Å². The van der Waals surface area contributed by atoms with E-state index in [9.17, 15) is 18.0 Å². The first-order chi connectivity index (χ1) is 18.0. The zero-order valence-electron chi connectivity index (χ0n) is 21.6. The van der Waals surface area contributed by atoms with Gasteiger partial charge in [0.2, 0.25) is 10.0 Å². The average Bonchev–Trinajstić information content (AvgIpc) is 3.21. The van der Waals surface area contributed by atoms with Gasteiger partial charge in [0.05, 0.1) is 9.92 Å². The van der Waals surface area contributed by atoms with Crippen LogP contribution in [0.2, 0.25) is 5.02 Å². The summed E-state index contributed by atoms with van der Waals surface area (Å²) < 4.78 is 34.8. The number of primary sulfonamides is 1. The van der Waals surface area contributed by atoms with Crippen LogP contribution in [0, 0.1) is 41.4 Å². The molecule has 1 aromatic rings. The topological polar surface area (TPSA) is 113 Å². The lowest BCUT2D eigenvalue weighted by atomic mass is 9.49. The number of rotatable bonds is 6. The lowest BCUT2D eigenvalue weighted by molar-refractivity contribution is -0.175. The molecule has 38 heavy (non-hydrogen) atoms. The molecule has 0 aliphatic heterocycles. The second kappa shape index (κ2) is 10.0. The van der Waals surface area contributed by atoms with Gasteiger partial charge in [-0.1, -0.05) is 30.0 Å². The largest absolute Gasteiger partial charge is 0.480 e. The van der Waals surface area contributed by atoms with E-state index in [2.05, 4.69) is 12.8 Å². The molecule has 5 rings (SSSR count). The van der Waals surface area contributed by atoms with Crippen LogP contribution in [-0.2, 0) is 24.3 Å². The predicted octanol–water partition coefficient (Wildman–Crippen LogP) is 4.81. The number of nitrogens with two attached hydrogens (primary N) is 1. The van der Waals surface area contributed by atoms with E-state index in [1.54, 1.807) is 0 Å². The Morgan fingerprint density at radius 2 is 1.97 bits per heavy atom. The molecule has 1 aromatic carbocycles. The van der Waals surface area contributed by atoms with Gasteiger partial charge in [-0.05, 0) is 99.3 Å². The number of carbonyl (C=O) groups excluding carboxylic acids is 2. The van der Waals surface area contributed by atoms with Crippen LogP contribution < -0.4 is 9.88 Å². The van der Waals surface area contributed by atoms with Crippen molar-refractivity contribution in [1.82, 2.24) is 0 Å². The first kappa shape index (κ1) is 27.2. The van der Waals surface area contributed by atoms with E-state index in [0.717, 1.165) is 44.9 Å². The number of hydrogen-bond donors (Lipinski definition) is 1. The minimum atomic E-state index is -3.91. The van der Waals surface area contributed by atoms with Crippen LogP contribution in [0.5, 0.6) is 5.75 Å². The summed E-state index contributed by atoms with van der Waals surface area (Å²) in [6.07, 6.45) is 16.0. The number of ketones is 1. The molecule has 2 N–H and O–H groups in total. The third-order valence-electron chi connectivity index (χ3n) is 9.85. The fourth-order valence-electron chi connectivity index (χ4n) is 8.25. The molecule has 204 valence electrons. The molecule has 0 amide bonds. The van der Waals surface area contributed by atoms with Crippen molar-refractivity contribution in [2.24, 2.45) is 34.2 Å². The maximum absolute atomic E-state index is 13.1. The van der Waals surface area contributed by atoms with Crippen molar-refractivity contribution in [1.29, 1.82) is 0 Å². The molecule has 3 fully saturated rings. The summed E-state index contributed by atoms with van der Waals surface area (Å²) in [5.41, 5.74) is 0.0450. The van der Waals surface area contributed by atoms with Gasteiger partial charge in [-0.2, -0.15) is 0 Å². The smallest absolute Gasteiger partial charge is 0.345 e. The minimum absolute atomic E-state index is 0.0235. The first-order valence-electron chi connectivity index (χ1n) is 13.4. The third kappa shape index (κ3) is 4.47. The van der Waals surface area contributed by atoms with Crippen molar-refractivity contribution in [2.75, 3.05) is 6.61 Å². The van der Waals surface area contributed by atoms with Crippen molar-refractivity contribution in [3.63, 3.8) is 0 Å². The number of terminal acetylenes is 1. The average molecular weight is 560 g/mol. The second-order valence-electron chi connectivity index (χ2n) is 11.3. The van der Waals surface area contributed by atoms with Crippen LogP contribution in [0.4, 0.5) is 0 Å². The third-order valence-corrected chi connectivity index (χ3v) is 11.1. The van der Waals surface area contributed by atoms with Crippen LogP contribution in [0.3, 0.4) is 0 Å². The molecular formula is C29H34ClNO6S. The molecule has 4 aliphatic carbocycles. The summed E-state index contributed by atoms with van der Waals surface area (Å²) in [5.74, 6) is 4.69. The summed E-state index contributed by atoms with van der Waals surface area (Å²) >= 11 is 6.15. The fourth-order valence-corrected chi connectivity index (χ4v) is 9.09. The van der Waals surface area contributed by atoms with Gasteiger partial charge in [-0.15, -0.1) is 6.42 Å². The quantitative estimate of drug-likeness (QED) is 0.395. The summed E-state index contributed by atoms with van der Waals surface area (Å²) in [7, 11) is -3.91. The van der Waals surface area contributed by atoms with E-state index in [1.807, 2.05) is 6.08 Å². The van der Waals surface area contributed by atoms with Gasteiger partial charge in [-0.3, -0.25) is 4.79 Å². The van der Waals surface area contributed by atoms with Gasteiger partial charge in [0, 0.05) is 11.8 Å². The number of carbonyl (C=O) groups is 2. The van der Waals surface area contributed by atoms with Crippen molar-refractivity contribution in [3.05, 3.63) is 34.9 Å².